The smallest absolute Gasteiger partial charge is 0.323 e. The van der Waals surface area contributed by atoms with Crippen LogP contribution in [0, 0.1) is 15.9 Å². The van der Waals surface area contributed by atoms with Crippen LogP contribution in [0.1, 0.15) is 6.92 Å². The number of hydrogen-bond donors (Lipinski definition) is 0. The maximum absolute atomic E-state index is 12.8. The Balaban J connectivity index is 2.52. The van der Waals surface area contributed by atoms with Gasteiger partial charge in [0.1, 0.15) is 11.5 Å². The van der Waals surface area contributed by atoms with Gasteiger partial charge in [-0.15, -0.1) is 0 Å². The van der Waals surface area contributed by atoms with Crippen molar-refractivity contribution in [1.29, 1.82) is 0 Å². The van der Waals surface area contributed by atoms with E-state index in [2.05, 4.69) is 0 Å². The van der Waals surface area contributed by atoms with E-state index < -0.39 is 4.92 Å². The van der Waals surface area contributed by atoms with Gasteiger partial charge in [-0.05, 0) is 42.2 Å². The summed E-state index contributed by atoms with van der Waals surface area (Å²) in [6.07, 6.45) is 0. The van der Waals surface area contributed by atoms with Crippen LogP contribution < -0.4 is 0 Å². The van der Waals surface area contributed by atoms with Gasteiger partial charge in [-0.1, -0.05) is 0 Å². The highest BCUT2D eigenvalue weighted by atomic mass is 19.1. The molecule has 0 amide bonds. The molecule has 0 N–H and O–H groups in total. The number of hydrogen-bond acceptors (Lipinski definition) is 2. The highest BCUT2D eigenvalue weighted by Gasteiger charge is 2.17. The fourth-order valence-electron chi connectivity index (χ4n) is 1.82. The molecule has 0 aliphatic heterocycles. The molecule has 2 rings (SSSR count). The maximum Gasteiger partial charge on any atom is 0.323 e. The fourth-order valence-corrected chi connectivity index (χ4v) is 1.82. The molecule has 88 valence electrons. The molecule has 2 aromatic rings. The van der Waals surface area contributed by atoms with Crippen molar-refractivity contribution in [2.45, 2.75) is 13.5 Å². The number of aromatic nitrogens is 1. The van der Waals surface area contributed by atoms with Gasteiger partial charge in [0.05, 0.1) is 6.54 Å². The Bertz CT molecular complexity index is 546. The number of nitrogens with zero attached hydrogens (tertiary/aromatic N) is 2. The number of halogens is 1. The van der Waals surface area contributed by atoms with Gasteiger partial charge in [-0.2, -0.15) is 0 Å². The topological polar surface area (TPSA) is 48.1 Å². The Hall–Kier alpha value is -2.17. The summed E-state index contributed by atoms with van der Waals surface area (Å²) in [5, 5.41) is 10.8. The SMILES string of the molecule is CCn1c(-c2ccc(F)cc2)ccc1[N+](=O)[O-]. The fraction of sp³-hybridized carbons (Fsp3) is 0.167. The average molecular weight is 234 g/mol. The Morgan fingerprint density at radius 2 is 1.88 bits per heavy atom. The van der Waals surface area contributed by atoms with E-state index >= 15 is 0 Å². The van der Waals surface area contributed by atoms with Crippen LogP contribution >= 0.6 is 0 Å². The highest BCUT2D eigenvalue weighted by molar-refractivity contribution is 5.62. The van der Waals surface area contributed by atoms with Crippen LogP contribution in [-0.2, 0) is 6.54 Å². The van der Waals surface area contributed by atoms with Crippen LogP contribution in [0.3, 0.4) is 0 Å². The van der Waals surface area contributed by atoms with Crippen molar-refractivity contribution in [3.8, 4) is 11.3 Å². The first-order valence-corrected chi connectivity index (χ1v) is 5.23. The van der Waals surface area contributed by atoms with Gasteiger partial charge in [-0.3, -0.25) is 0 Å². The predicted molar refractivity (Wildman–Crippen MR) is 62.2 cm³/mol. The molecule has 1 aromatic heterocycles. The third-order valence-electron chi connectivity index (χ3n) is 2.60. The Kier molecular flexibility index (Phi) is 2.91. The number of nitro groups is 1. The minimum absolute atomic E-state index is 0.0480. The third kappa shape index (κ3) is 2.04. The molecule has 0 spiro atoms. The first-order valence-electron chi connectivity index (χ1n) is 5.23. The van der Waals surface area contributed by atoms with Crippen LogP contribution in [0.4, 0.5) is 10.2 Å². The summed E-state index contributed by atoms with van der Waals surface area (Å²) in [5.74, 6) is -0.273. The Labute approximate surface area is 97.5 Å². The lowest BCUT2D eigenvalue weighted by molar-refractivity contribution is -0.391. The molecule has 0 saturated heterocycles. The van der Waals surface area contributed by atoms with Gasteiger partial charge >= 0.3 is 5.82 Å². The van der Waals surface area contributed by atoms with E-state index in [1.807, 2.05) is 6.92 Å². The lowest BCUT2D eigenvalue weighted by atomic mass is 10.1. The van der Waals surface area contributed by atoms with Crippen LogP contribution in [0.2, 0.25) is 0 Å². The minimum Gasteiger partial charge on any atom is -0.358 e. The van der Waals surface area contributed by atoms with E-state index in [1.165, 1.54) is 18.2 Å². The minimum atomic E-state index is -0.420. The van der Waals surface area contributed by atoms with Crippen LogP contribution in [0.25, 0.3) is 11.3 Å². The molecule has 0 bridgehead atoms. The summed E-state index contributed by atoms with van der Waals surface area (Å²) in [6, 6.07) is 9.04. The van der Waals surface area contributed by atoms with E-state index in [0.717, 1.165) is 11.3 Å². The standard InChI is InChI=1S/C12H11FN2O2/c1-2-14-11(7-8-12(14)15(16)17)9-3-5-10(13)6-4-9/h3-8H,2H2,1H3. The van der Waals surface area contributed by atoms with E-state index in [4.69, 9.17) is 0 Å². The highest BCUT2D eigenvalue weighted by Crippen LogP contribution is 2.26. The van der Waals surface area contributed by atoms with Crippen LogP contribution in [-0.4, -0.2) is 9.49 Å². The van der Waals surface area contributed by atoms with Crippen LogP contribution in [0.5, 0.6) is 0 Å². The molecule has 0 saturated carbocycles. The van der Waals surface area contributed by atoms with Gasteiger partial charge in [-0.25, -0.2) is 8.96 Å². The summed E-state index contributed by atoms with van der Waals surface area (Å²) in [6.45, 7) is 2.33. The van der Waals surface area contributed by atoms with E-state index in [9.17, 15) is 14.5 Å². The summed E-state index contributed by atoms with van der Waals surface area (Å²) < 4.78 is 14.4. The second-order valence-electron chi connectivity index (χ2n) is 3.59. The van der Waals surface area contributed by atoms with Crippen molar-refractivity contribution in [3.05, 3.63) is 52.3 Å². The molecule has 0 aliphatic rings. The molecule has 1 aromatic carbocycles. The Morgan fingerprint density at radius 3 is 2.41 bits per heavy atom. The quantitative estimate of drug-likeness (QED) is 0.604. The second kappa shape index (κ2) is 4.37. The molecule has 0 atom stereocenters. The summed E-state index contributed by atoms with van der Waals surface area (Å²) in [4.78, 5) is 10.4. The lowest BCUT2D eigenvalue weighted by Gasteiger charge is -2.03. The Morgan fingerprint density at radius 1 is 1.24 bits per heavy atom. The summed E-state index contributed by atoms with van der Waals surface area (Å²) >= 11 is 0. The van der Waals surface area contributed by atoms with Crippen LogP contribution in [0.15, 0.2) is 36.4 Å². The largest absolute Gasteiger partial charge is 0.358 e. The average Bonchev–Trinajstić information content (AvgIpc) is 2.73. The number of rotatable bonds is 3. The maximum atomic E-state index is 12.8. The zero-order valence-electron chi connectivity index (χ0n) is 9.26. The van der Waals surface area contributed by atoms with Crippen molar-refractivity contribution < 1.29 is 9.31 Å². The summed E-state index contributed by atoms with van der Waals surface area (Å²) in [7, 11) is 0. The molecular weight excluding hydrogens is 223 g/mol. The van der Waals surface area contributed by atoms with Gasteiger partial charge in [0.25, 0.3) is 0 Å². The first-order chi connectivity index (χ1) is 8.13. The lowest BCUT2D eigenvalue weighted by Crippen LogP contribution is -2.02. The molecule has 0 radical (unpaired) electrons. The van der Waals surface area contributed by atoms with Crippen molar-refractivity contribution in [2.75, 3.05) is 0 Å². The van der Waals surface area contributed by atoms with Gasteiger partial charge in [0.15, 0.2) is 0 Å². The van der Waals surface area contributed by atoms with Gasteiger partial charge in [0, 0.05) is 11.6 Å². The predicted octanol–water partition coefficient (Wildman–Crippen LogP) is 3.22. The van der Waals surface area contributed by atoms with Gasteiger partial charge in [0.2, 0.25) is 0 Å². The van der Waals surface area contributed by atoms with Gasteiger partial charge < -0.3 is 10.1 Å². The monoisotopic (exact) mass is 234 g/mol. The van der Waals surface area contributed by atoms with E-state index in [-0.39, 0.29) is 11.6 Å². The van der Waals surface area contributed by atoms with Crippen molar-refractivity contribution in [3.63, 3.8) is 0 Å². The van der Waals surface area contributed by atoms with E-state index in [0.29, 0.717) is 6.54 Å². The molecule has 17 heavy (non-hydrogen) atoms. The molecule has 0 unspecified atom stereocenters. The molecule has 0 aliphatic carbocycles. The number of benzene rings is 1. The molecule has 5 heteroatoms. The molecule has 4 nitrogen and oxygen atoms in total. The molecule has 1 heterocycles. The molecular formula is C12H11FN2O2. The third-order valence-corrected chi connectivity index (χ3v) is 2.60. The first kappa shape index (κ1) is 11.3. The van der Waals surface area contributed by atoms with Crippen molar-refractivity contribution in [1.82, 2.24) is 4.57 Å². The van der Waals surface area contributed by atoms with Crippen molar-refractivity contribution >= 4 is 5.82 Å². The zero-order valence-corrected chi connectivity index (χ0v) is 9.26. The van der Waals surface area contributed by atoms with E-state index in [1.54, 1.807) is 22.8 Å². The second-order valence-corrected chi connectivity index (χ2v) is 3.59. The summed E-state index contributed by atoms with van der Waals surface area (Å²) in [5.41, 5.74) is 1.49. The molecule has 0 fully saturated rings. The normalized spacial score (nSPS) is 10.5. The zero-order chi connectivity index (χ0) is 12.4. The van der Waals surface area contributed by atoms with Crippen molar-refractivity contribution in [2.24, 2.45) is 0 Å².